The second kappa shape index (κ2) is 5.01. The van der Waals surface area contributed by atoms with Gasteiger partial charge < -0.3 is 10.1 Å². The second-order valence-corrected chi connectivity index (χ2v) is 4.36. The van der Waals surface area contributed by atoms with E-state index in [1.165, 1.54) is 12.8 Å². The molecule has 2 atom stereocenters. The van der Waals surface area contributed by atoms with Crippen LogP contribution in [0.15, 0.2) is 30.3 Å². The number of carbonyl (C=O) groups excluding carboxylic acids is 1. The van der Waals surface area contributed by atoms with Gasteiger partial charge in [0.05, 0.1) is 0 Å². The predicted octanol–water partition coefficient (Wildman–Crippen LogP) is 2.96. The lowest BCUT2D eigenvalue weighted by atomic mass is 10.1. The van der Waals surface area contributed by atoms with Crippen molar-refractivity contribution in [1.82, 2.24) is 5.32 Å². The monoisotopic (exact) mass is 219 g/mol. The number of amides is 1. The fourth-order valence-corrected chi connectivity index (χ4v) is 2.14. The van der Waals surface area contributed by atoms with Crippen LogP contribution in [0, 0.1) is 5.92 Å². The molecule has 0 saturated heterocycles. The highest BCUT2D eigenvalue weighted by Crippen LogP contribution is 2.24. The van der Waals surface area contributed by atoms with E-state index in [0.717, 1.165) is 6.42 Å². The van der Waals surface area contributed by atoms with Crippen molar-refractivity contribution in [2.24, 2.45) is 5.92 Å². The summed E-state index contributed by atoms with van der Waals surface area (Å²) in [5.41, 5.74) is 0. The highest BCUT2D eigenvalue weighted by atomic mass is 16.6. The van der Waals surface area contributed by atoms with Crippen LogP contribution in [0.4, 0.5) is 4.79 Å². The standard InChI is InChI=1S/C13H17NO2/c1-10-6-5-9-12(10)14-13(15)16-11-7-3-2-4-8-11/h2-4,7-8,10,12H,5-6,9H2,1H3,(H,14,15). The molecule has 0 heterocycles. The van der Waals surface area contributed by atoms with Crippen LogP contribution in [0.1, 0.15) is 26.2 Å². The number of hydrogen-bond donors (Lipinski definition) is 1. The highest BCUT2D eigenvalue weighted by Gasteiger charge is 2.25. The fraction of sp³-hybridized carbons (Fsp3) is 0.462. The van der Waals surface area contributed by atoms with Gasteiger partial charge in [0.2, 0.25) is 0 Å². The van der Waals surface area contributed by atoms with Gasteiger partial charge in [-0.2, -0.15) is 0 Å². The molecule has 2 rings (SSSR count). The molecule has 1 aliphatic rings. The Morgan fingerprint density at radius 2 is 2.06 bits per heavy atom. The van der Waals surface area contributed by atoms with Gasteiger partial charge in [-0.3, -0.25) is 0 Å². The first kappa shape index (κ1) is 11.0. The van der Waals surface area contributed by atoms with E-state index < -0.39 is 0 Å². The number of nitrogens with one attached hydrogen (secondary N) is 1. The van der Waals surface area contributed by atoms with E-state index in [1.807, 2.05) is 18.2 Å². The molecular weight excluding hydrogens is 202 g/mol. The summed E-state index contributed by atoms with van der Waals surface area (Å²) in [4.78, 5) is 11.6. The van der Waals surface area contributed by atoms with Crippen LogP contribution in [0.3, 0.4) is 0 Å². The molecule has 2 unspecified atom stereocenters. The van der Waals surface area contributed by atoms with Gasteiger partial charge in [-0.1, -0.05) is 31.5 Å². The van der Waals surface area contributed by atoms with E-state index >= 15 is 0 Å². The zero-order valence-corrected chi connectivity index (χ0v) is 9.48. The van der Waals surface area contributed by atoms with Gasteiger partial charge in [0.1, 0.15) is 5.75 Å². The molecule has 16 heavy (non-hydrogen) atoms. The van der Waals surface area contributed by atoms with Crippen LogP contribution in [-0.2, 0) is 0 Å². The molecule has 1 amide bonds. The first-order valence-electron chi connectivity index (χ1n) is 5.79. The van der Waals surface area contributed by atoms with E-state index in [1.54, 1.807) is 12.1 Å². The third-order valence-electron chi connectivity index (χ3n) is 3.12. The molecule has 1 fully saturated rings. The van der Waals surface area contributed by atoms with Gasteiger partial charge in [-0.25, -0.2) is 4.79 Å². The number of rotatable bonds is 2. The quantitative estimate of drug-likeness (QED) is 0.830. The summed E-state index contributed by atoms with van der Waals surface area (Å²) < 4.78 is 5.17. The summed E-state index contributed by atoms with van der Waals surface area (Å²) in [5.74, 6) is 1.15. The Morgan fingerprint density at radius 1 is 1.31 bits per heavy atom. The van der Waals surface area contributed by atoms with Crippen molar-refractivity contribution in [2.45, 2.75) is 32.2 Å². The molecule has 0 aromatic heterocycles. The zero-order valence-electron chi connectivity index (χ0n) is 9.48. The van der Waals surface area contributed by atoms with Gasteiger partial charge >= 0.3 is 6.09 Å². The molecule has 1 N–H and O–H groups in total. The zero-order chi connectivity index (χ0) is 11.4. The van der Waals surface area contributed by atoms with Gasteiger partial charge in [-0.15, -0.1) is 0 Å². The Hall–Kier alpha value is -1.51. The number of carbonyl (C=O) groups is 1. The lowest BCUT2D eigenvalue weighted by Crippen LogP contribution is -2.38. The number of hydrogen-bond acceptors (Lipinski definition) is 2. The third-order valence-corrected chi connectivity index (χ3v) is 3.12. The summed E-state index contributed by atoms with van der Waals surface area (Å²) >= 11 is 0. The predicted molar refractivity (Wildman–Crippen MR) is 62.4 cm³/mol. The largest absolute Gasteiger partial charge is 0.412 e. The van der Waals surface area contributed by atoms with Crippen molar-refractivity contribution < 1.29 is 9.53 Å². The van der Waals surface area contributed by atoms with Gasteiger partial charge in [0.25, 0.3) is 0 Å². The third kappa shape index (κ3) is 2.75. The molecule has 1 aliphatic carbocycles. The highest BCUT2D eigenvalue weighted by molar-refractivity contribution is 5.70. The van der Waals surface area contributed by atoms with Crippen molar-refractivity contribution in [3.05, 3.63) is 30.3 Å². The van der Waals surface area contributed by atoms with Crippen molar-refractivity contribution >= 4 is 6.09 Å². The van der Waals surface area contributed by atoms with E-state index in [9.17, 15) is 4.79 Å². The first-order chi connectivity index (χ1) is 7.75. The Morgan fingerprint density at radius 3 is 2.69 bits per heavy atom. The Kier molecular flexibility index (Phi) is 3.44. The Balaban J connectivity index is 1.85. The van der Waals surface area contributed by atoms with Crippen molar-refractivity contribution in [2.75, 3.05) is 0 Å². The minimum atomic E-state index is -0.343. The van der Waals surface area contributed by atoms with Crippen LogP contribution in [-0.4, -0.2) is 12.1 Å². The summed E-state index contributed by atoms with van der Waals surface area (Å²) in [5, 5.41) is 2.92. The molecule has 1 aromatic carbocycles. The van der Waals surface area contributed by atoms with Crippen molar-refractivity contribution in [3.8, 4) is 5.75 Å². The molecule has 86 valence electrons. The van der Waals surface area contributed by atoms with Crippen LogP contribution in [0.2, 0.25) is 0 Å². The lowest BCUT2D eigenvalue weighted by Gasteiger charge is -2.16. The summed E-state index contributed by atoms with van der Waals surface area (Å²) in [6.45, 7) is 2.17. The summed E-state index contributed by atoms with van der Waals surface area (Å²) in [6, 6.07) is 9.41. The van der Waals surface area contributed by atoms with Crippen LogP contribution >= 0.6 is 0 Å². The van der Waals surface area contributed by atoms with Crippen molar-refractivity contribution in [1.29, 1.82) is 0 Å². The number of benzene rings is 1. The van der Waals surface area contributed by atoms with E-state index in [2.05, 4.69) is 12.2 Å². The van der Waals surface area contributed by atoms with Crippen LogP contribution in [0.25, 0.3) is 0 Å². The smallest absolute Gasteiger partial charge is 0.410 e. The van der Waals surface area contributed by atoms with Gasteiger partial charge in [-0.05, 0) is 30.9 Å². The molecule has 3 heteroatoms. The number of ether oxygens (including phenoxy) is 1. The van der Waals surface area contributed by atoms with Gasteiger partial charge in [0, 0.05) is 6.04 Å². The van der Waals surface area contributed by atoms with E-state index in [-0.39, 0.29) is 12.1 Å². The first-order valence-corrected chi connectivity index (χ1v) is 5.79. The molecule has 0 aliphatic heterocycles. The van der Waals surface area contributed by atoms with Crippen LogP contribution in [0.5, 0.6) is 5.75 Å². The second-order valence-electron chi connectivity index (χ2n) is 4.36. The maximum atomic E-state index is 11.6. The van der Waals surface area contributed by atoms with E-state index in [4.69, 9.17) is 4.74 Å². The average molecular weight is 219 g/mol. The topological polar surface area (TPSA) is 38.3 Å². The van der Waals surface area contributed by atoms with Gasteiger partial charge in [0.15, 0.2) is 0 Å². The normalized spacial score (nSPS) is 24.1. The Bertz CT molecular complexity index is 350. The molecule has 1 aromatic rings. The molecule has 0 spiro atoms. The average Bonchev–Trinajstić information content (AvgIpc) is 2.66. The minimum Gasteiger partial charge on any atom is -0.410 e. The maximum absolute atomic E-state index is 11.6. The molecular formula is C13H17NO2. The van der Waals surface area contributed by atoms with Crippen molar-refractivity contribution in [3.63, 3.8) is 0 Å². The molecule has 3 nitrogen and oxygen atoms in total. The summed E-state index contributed by atoms with van der Waals surface area (Å²) in [6.07, 6.45) is 3.10. The lowest BCUT2D eigenvalue weighted by molar-refractivity contribution is 0.193. The molecule has 1 saturated carbocycles. The SMILES string of the molecule is CC1CCCC1NC(=O)Oc1ccccc1. The van der Waals surface area contributed by atoms with Crippen LogP contribution < -0.4 is 10.1 Å². The molecule has 0 radical (unpaired) electrons. The number of para-hydroxylation sites is 1. The summed E-state index contributed by atoms with van der Waals surface area (Å²) in [7, 11) is 0. The fourth-order valence-electron chi connectivity index (χ4n) is 2.14. The van der Waals surface area contributed by atoms with E-state index in [0.29, 0.717) is 11.7 Å². The maximum Gasteiger partial charge on any atom is 0.412 e. The Labute approximate surface area is 95.8 Å². The molecule has 0 bridgehead atoms. The minimum absolute atomic E-state index is 0.274.